The van der Waals surface area contributed by atoms with Gasteiger partial charge in [-0.25, -0.2) is 0 Å². The van der Waals surface area contributed by atoms with E-state index in [9.17, 15) is 4.79 Å². The summed E-state index contributed by atoms with van der Waals surface area (Å²) in [7, 11) is 0. The van der Waals surface area contributed by atoms with Crippen LogP contribution in [0.15, 0.2) is 11.6 Å². The second kappa shape index (κ2) is 4.09. The van der Waals surface area contributed by atoms with Crippen LogP contribution >= 0.6 is 0 Å². The Morgan fingerprint density at radius 3 is 2.80 bits per heavy atom. The molecule has 0 heterocycles. The van der Waals surface area contributed by atoms with E-state index in [0.717, 1.165) is 37.7 Å². The summed E-state index contributed by atoms with van der Waals surface area (Å²) in [5.74, 6) is 0.340. The van der Waals surface area contributed by atoms with Crippen LogP contribution in [0.2, 0.25) is 0 Å². The Morgan fingerprint density at radius 1 is 1.47 bits per heavy atom. The highest BCUT2D eigenvalue weighted by atomic mass is 16.1. The van der Waals surface area contributed by atoms with Gasteiger partial charge in [0.2, 0.25) is 0 Å². The van der Waals surface area contributed by atoms with Crippen molar-refractivity contribution in [1.82, 2.24) is 0 Å². The zero-order chi connectivity index (χ0) is 10.9. The van der Waals surface area contributed by atoms with Gasteiger partial charge in [-0.1, -0.05) is 19.4 Å². The number of Topliss-reactive ketones (excluding diaryl/α,β-unsaturated/α-hetero) is 1. The largest absolute Gasteiger partial charge is 0.327 e. The molecule has 0 aromatic heterocycles. The lowest BCUT2D eigenvalue weighted by Gasteiger charge is -2.29. The Balaban J connectivity index is 2.16. The predicted octanol–water partition coefficient (Wildman–Crippen LogP) is 2.57. The Kier molecular flexibility index (Phi) is 2.96. The molecule has 2 aliphatic carbocycles. The summed E-state index contributed by atoms with van der Waals surface area (Å²) in [5, 5.41) is 0. The number of allylic oxidation sites excluding steroid dienone is 2. The average Bonchev–Trinajstić information content (AvgIpc) is 2.61. The van der Waals surface area contributed by atoms with E-state index in [1.54, 1.807) is 0 Å². The number of carbonyl (C=O) groups excluding carboxylic acids is 1. The first-order valence-electron chi connectivity index (χ1n) is 6.14. The molecule has 15 heavy (non-hydrogen) atoms. The minimum absolute atomic E-state index is 0.0767. The molecule has 2 unspecified atom stereocenters. The highest BCUT2D eigenvalue weighted by Gasteiger charge is 2.43. The molecule has 2 heteroatoms. The fourth-order valence-corrected chi connectivity index (χ4v) is 2.89. The van der Waals surface area contributed by atoms with Crippen molar-refractivity contribution < 1.29 is 4.79 Å². The van der Waals surface area contributed by atoms with Gasteiger partial charge in [0.1, 0.15) is 0 Å². The van der Waals surface area contributed by atoms with E-state index in [2.05, 4.69) is 13.0 Å². The van der Waals surface area contributed by atoms with Crippen LogP contribution in [0, 0.1) is 5.41 Å². The summed E-state index contributed by atoms with van der Waals surface area (Å²) in [6, 6.07) is 0.0767. The molecular formula is C13H21NO. The van der Waals surface area contributed by atoms with Crippen molar-refractivity contribution >= 4 is 5.78 Å². The minimum atomic E-state index is -0.261. The maximum Gasteiger partial charge on any atom is 0.165 e. The minimum Gasteiger partial charge on any atom is -0.327 e. The van der Waals surface area contributed by atoms with E-state index < -0.39 is 0 Å². The van der Waals surface area contributed by atoms with Crippen molar-refractivity contribution in [3.8, 4) is 0 Å². The van der Waals surface area contributed by atoms with Crippen LogP contribution in [0.25, 0.3) is 0 Å². The summed E-state index contributed by atoms with van der Waals surface area (Å²) in [4.78, 5) is 12.4. The van der Waals surface area contributed by atoms with E-state index in [1.807, 2.05) is 0 Å². The molecule has 2 atom stereocenters. The number of rotatable bonds is 2. The number of nitrogens with two attached hydrogens (primary N) is 1. The quantitative estimate of drug-likeness (QED) is 0.756. The first-order chi connectivity index (χ1) is 7.14. The normalized spacial score (nSPS) is 36.4. The predicted molar refractivity (Wildman–Crippen MR) is 61.5 cm³/mol. The molecule has 2 aliphatic rings. The number of hydrogen-bond donors (Lipinski definition) is 1. The average molecular weight is 207 g/mol. The third kappa shape index (κ3) is 1.87. The summed E-state index contributed by atoms with van der Waals surface area (Å²) in [5.41, 5.74) is 6.87. The second-order valence-corrected chi connectivity index (χ2v) is 5.22. The van der Waals surface area contributed by atoms with Gasteiger partial charge in [-0.05, 0) is 44.1 Å². The summed E-state index contributed by atoms with van der Waals surface area (Å²) in [6.45, 7) is 2.06. The first kappa shape index (κ1) is 10.9. The van der Waals surface area contributed by atoms with Gasteiger partial charge in [0, 0.05) is 11.5 Å². The lowest BCUT2D eigenvalue weighted by molar-refractivity contribution is -0.124. The van der Waals surface area contributed by atoms with Crippen molar-refractivity contribution in [3.05, 3.63) is 11.6 Å². The second-order valence-electron chi connectivity index (χ2n) is 5.22. The molecular weight excluding hydrogens is 186 g/mol. The zero-order valence-electron chi connectivity index (χ0n) is 9.59. The fraction of sp³-hybridized carbons (Fsp3) is 0.769. The van der Waals surface area contributed by atoms with E-state index >= 15 is 0 Å². The maximum atomic E-state index is 12.4. The zero-order valence-corrected chi connectivity index (χ0v) is 9.59. The number of ketones is 1. The summed E-state index contributed by atoms with van der Waals surface area (Å²) < 4.78 is 0. The molecule has 0 saturated heterocycles. The van der Waals surface area contributed by atoms with E-state index in [-0.39, 0.29) is 11.5 Å². The number of hydrogen-bond acceptors (Lipinski definition) is 2. The van der Waals surface area contributed by atoms with Gasteiger partial charge in [0.25, 0.3) is 0 Å². The number of carbonyl (C=O) groups is 1. The van der Waals surface area contributed by atoms with Crippen LogP contribution in [0.3, 0.4) is 0 Å². The lowest BCUT2D eigenvalue weighted by atomic mass is 9.76. The third-order valence-corrected chi connectivity index (χ3v) is 4.13. The van der Waals surface area contributed by atoms with E-state index in [0.29, 0.717) is 5.78 Å². The van der Waals surface area contributed by atoms with Crippen molar-refractivity contribution in [2.24, 2.45) is 11.1 Å². The molecule has 0 radical (unpaired) electrons. The fourth-order valence-electron chi connectivity index (χ4n) is 2.89. The Morgan fingerprint density at radius 2 is 2.27 bits per heavy atom. The molecule has 84 valence electrons. The monoisotopic (exact) mass is 207 g/mol. The molecule has 0 amide bonds. The molecule has 2 nitrogen and oxygen atoms in total. The van der Waals surface area contributed by atoms with Gasteiger partial charge in [-0.15, -0.1) is 0 Å². The summed E-state index contributed by atoms with van der Waals surface area (Å²) >= 11 is 0. The van der Waals surface area contributed by atoms with Crippen LogP contribution in [0.1, 0.15) is 51.9 Å². The first-order valence-corrected chi connectivity index (χ1v) is 6.14. The standard InChI is InChI=1S/C13H21NO/c1-13(9-5-8-11(13)14)12(15)10-6-3-2-4-7-10/h6,11H,2-5,7-9,14H2,1H3. The molecule has 2 rings (SSSR count). The van der Waals surface area contributed by atoms with E-state index in [4.69, 9.17) is 5.73 Å². The van der Waals surface area contributed by atoms with Crippen molar-refractivity contribution in [1.29, 1.82) is 0 Å². The highest BCUT2D eigenvalue weighted by Crippen LogP contribution is 2.40. The van der Waals surface area contributed by atoms with Crippen LogP contribution in [0.5, 0.6) is 0 Å². The van der Waals surface area contributed by atoms with Gasteiger partial charge in [-0.3, -0.25) is 4.79 Å². The molecule has 0 bridgehead atoms. The maximum absolute atomic E-state index is 12.4. The van der Waals surface area contributed by atoms with Crippen LogP contribution < -0.4 is 5.73 Å². The van der Waals surface area contributed by atoms with Crippen LogP contribution in [0.4, 0.5) is 0 Å². The molecule has 0 aromatic carbocycles. The van der Waals surface area contributed by atoms with Crippen LogP contribution in [-0.4, -0.2) is 11.8 Å². The smallest absolute Gasteiger partial charge is 0.165 e. The van der Waals surface area contributed by atoms with Crippen LogP contribution in [-0.2, 0) is 4.79 Å². The van der Waals surface area contributed by atoms with Crippen molar-refractivity contribution in [2.75, 3.05) is 0 Å². The molecule has 1 fully saturated rings. The Bertz CT molecular complexity index is 295. The van der Waals surface area contributed by atoms with Gasteiger partial charge in [-0.2, -0.15) is 0 Å². The molecule has 0 aliphatic heterocycles. The summed E-state index contributed by atoms with van der Waals surface area (Å²) in [6.07, 6.45) is 9.69. The molecule has 0 aromatic rings. The van der Waals surface area contributed by atoms with Crippen molar-refractivity contribution in [2.45, 2.75) is 57.9 Å². The third-order valence-electron chi connectivity index (χ3n) is 4.13. The SMILES string of the molecule is CC1(C(=O)C2=CCCCC2)CCCC1N. The Labute approximate surface area is 91.9 Å². The van der Waals surface area contributed by atoms with E-state index in [1.165, 1.54) is 12.8 Å². The van der Waals surface area contributed by atoms with Gasteiger partial charge in [0.05, 0.1) is 0 Å². The molecule has 0 spiro atoms. The Hall–Kier alpha value is -0.630. The molecule has 1 saturated carbocycles. The lowest BCUT2D eigenvalue weighted by Crippen LogP contribution is -2.42. The van der Waals surface area contributed by atoms with Gasteiger partial charge < -0.3 is 5.73 Å². The topological polar surface area (TPSA) is 43.1 Å². The molecule has 2 N–H and O–H groups in total. The van der Waals surface area contributed by atoms with Gasteiger partial charge in [0.15, 0.2) is 5.78 Å². The van der Waals surface area contributed by atoms with Gasteiger partial charge >= 0.3 is 0 Å². The van der Waals surface area contributed by atoms with Crippen molar-refractivity contribution in [3.63, 3.8) is 0 Å². The highest BCUT2D eigenvalue weighted by molar-refractivity contribution is 6.00.